The van der Waals surface area contributed by atoms with E-state index in [1.807, 2.05) is 0 Å². The van der Waals surface area contributed by atoms with Crippen LogP contribution in [0.15, 0.2) is 0 Å². The molecule has 0 fully saturated rings. The Hall–Kier alpha value is 0.137. The average molecular weight is 174 g/mol. The van der Waals surface area contributed by atoms with Gasteiger partial charge >= 0.3 is 0 Å². The summed E-state index contributed by atoms with van der Waals surface area (Å²) in [4.78, 5) is 0. The molecule has 0 bridgehead atoms. The van der Waals surface area contributed by atoms with Crippen LogP contribution in [0.1, 0.15) is 27.7 Å². The van der Waals surface area contributed by atoms with Crippen LogP contribution in [0.4, 0.5) is 0 Å². The highest BCUT2D eigenvalue weighted by atomic mass is 28.2. The van der Waals surface area contributed by atoms with Gasteiger partial charge in [0.25, 0.3) is 0 Å². The molecule has 11 heavy (non-hydrogen) atoms. The maximum atomic E-state index is 2.60. The predicted molar refractivity (Wildman–Crippen MR) is 54.3 cm³/mol. The van der Waals surface area contributed by atoms with Gasteiger partial charge in [-0.3, -0.25) is 0 Å². The molecule has 0 aliphatic rings. The molecular weight excluding hydrogens is 152 g/mol. The summed E-state index contributed by atoms with van der Waals surface area (Å²) < 4.78 is 4.94. The first-order valence-electron chi connectivity index (χ1n) is 4.35. The van der Waals surface area contributed by atoms with Gasteiger partial charge in [-0.25, -0.2) is 0 Å². The monoisotopic (exact) mass is 174 g/mol. The molecular formula is C8H22N2Si. The lowest BCUT2D eigenvalue weighted by molar-refractivity contribution is 0.293. The van der Waals surface area contributed by atoms with Gasteiger partial charge in [-0.1, -0.05) is 27.7 Å². The molecule has 0 rings (SSSR count). The molecule has 68 valence electrons. The second kappa shape index (κ2) is 4.90. The van der Waals surface area contributed by atoms with E-state index in [-0.39, 0.29) is 9.84 Å². The summed E-state index contributed by atoms with van der Waals surface area (Å²) in [5, 5.41) is 0. The molecule has 0 aliphatic heterocycles. The molecule has 0 aromatic carbocycles. The van der Waals surface area contributed by atoms with Crippen LogP contribution >= 0.6 is 0 Å². The van der Waals surface area contributed by atoms with Gasteiger partial charge in [0.2, 0.25) is 0 Å². The Bertz CT molecular complexity index is 94.3. The highest BCUT2D eigenvalue weighted by Gasteiger charge is 2.13. The van der Waals surface area contributed by atoms with E-state index < -0.39 is 0 Å². The van der Waals surface area contributed by atoms with E-state index in [4.69, 9.17) is 0 Å². The highest BCUT2D eigenvalue weighted by molar-refractivity contribution is 6.28. The Morgan fingerprint density at radius 1 is 0.909 bits per heavy atom. The minimum Gasteiger partial charge on any atom is -0.322 e. The smallest absolute Gasteiger partial charge is 0.172 e. The molecule has 0 saturated heterocycles. The summed E-state index contributed by atoms with van der Waals surface area (Å²) in [6.45, 7) is 9.10. The lowest BCUT2D eigenvalue weighted by Crippen LogP contribution is -2.45. The predicted octanol–water partition coefficient (Wildman–Crippen LogP) is 0.666. The van der Waals surface area contributed by atoms with Crippen molar-refractivity contribution in [1.82, 2.24) is 9.13 Å². The second-order valence-corrected chi connectivity index (χ2v) is 6.20. The van der Waals surface area contributed by atoms with E-state index in [1.165, 1.54) is 0 Å². The van der Waals surface area contributed by atoms with Crippen molar-refractivity contribution in [3.05, 3.63) is 0 Å². The maximum Gasteiger partial charge on any atom is 0.172 e. The number of nitrogens with zero attached hydrogens (tertiary/aromatic N) is 2. The van der Waals surface area contributed by atoms with Crippen LogP contribution in [0, 0.1) is 0 Å². The zero-order chi connectivity index (χ0) is 9.02. The number of hydrogen-bond donors (Lipinski definition) is 0. The molecule has 0 aromatic rings. The Balaban J connectivity index is 3.90. The van der Waals surface area contributed by atoms with Gasteiger partial charge in [-0.2, -0.15) is 0 Å². The molecule has 0 aromatic heterocycles. The lowest BCUT2D eigenvalue weighted by Gasteiger charge is -2.32. The normalized spacial score (nSPS) is 13.6. The van der Waals surface area contributed by atoms with E-state index in [0.717, 1.165) is 0 Å². The SMILES string of the molecule is CC(C)N([SiH2]N(C)C)C(C)C. The third kappa shape index (κ3) is 4.56. The molecule has 0 spiro atoms. The first-order valence-corrected chi connectivity index (χ1v) is 5.62. The van der Waals surface area contributed by atoms with E-state index in [0.29, 0.717) is 12.1 Å². The second-order valence-electron chi connectivity index (χ2n) is 3.92. The van der Waals surface area contributed by atoms with Crippen molar-refractivity contribution in [2.75, 3.05) is 14.1 Å². The van der Waals surface area contributed by atoms with Crippen LogP contribution in [-0.2, 0) is 0 Å². The summed E-state index contributed by atoms with van der Waals surface area (Å²) in [6.07, 6.45) is 0. The summed E-state index contributed by atoms with van der Waals surface area (Å²) in [7, 11) is 4.17. The summed E-state index contributed by atoms with van der Waals surface area (Å²) in [5.74, 6) is 0. The molecule has 3 heteroatoms. The largest absolute Gasteiger partial charge is 0.322 e. The fraction of sp³-hybridized carbons (Fsp3) is 1.00. The zero-order valence-electron chi connectivity index (χ0n) is 8.76. The number of rotatable bonds is 4. The molecule has 0 atom stereocenters. The van der Waals surface area contributed by atoms with Crippen LogP contribution in [0.2, 0.25) is 0 Å². The maximum absolute atomic E-state index is 2.60. The molecule has 2 nitrogen and oxygen atoms in total. The molecule has 0 amide bonds. The zero-order valence-corrected chi connectivity index (χ0v) is 10.2. The molecule has 0 heterocycles. The fourth-order valence-corrected chi connectivity index (χ4v) is 2.56. The van der Waals surface area contributed by atoms with Gasteiger partial charge in [-0.15, -0.1) is 0 Å². The van der Waals surface area contributed by atoms with Gasteiger partial charge in [0.05, 0.1) is 0 Å². The Morgan fingerprint density at radius 2 is 1.27 bits per heavy atom. The van der Waals surface area contributed by atoms with Crippen LogP contribution in [0.25, 0.3) is 0 Å². The third-order valence-corrected chi connectivity index (χ3v) is 4.13. The van der Waals surface area contributed by atoms with Gasteiger partial charge in [0, 0.05) is 0 Å². The Morgan fingerprint density at radius 3 is 1.36 bits per heavy atom. The van der Waals surface area contributed by atoms with Crippen molar-refractivity contribution < 1.29 is 0 Å². The molecule has 0 saturated carbocycles. The lowest BCUT2D eigenvalue weighted by atomic mass is 10.3. The van der Waals surface area contributed by atoms with E-state index in [1.54, 1.807) is 0 Å². The summed E-state index contributed by atoms with van der Waals surface area (Å²) >= 11 is 0. The average Bonchev–Trinajstić information content (AvgIpc) is 1.81. The Kier molecular flexibility index (Phi) is 4.96. The van der Waals surface area contributed by atoms with Crippen molar-refractivity contribution >= 4 is 9.84 Å². The summed E-state index contributed by atoms with van der Waals surface area (Å²) in [5.41, 5.74) is 0. The van der Waals surface area contributed by atoms with Crippen LogP contribution in [0.3, 0.4) is 0 Å². The van der Waals surface area contributed by atoms with Gasteiger partial charge in [0.15, 0.2) is 9.84 Å². The van der Waals surface area contributed by atoms with Crippen LogP contribution < -0.4 is 0 Å². The third-order valence-electron chi connectivity index (χ3n) is 1.77. The van der Waals surface area contributed by atoms with Crippen LogP contribution in [0.5, 0.6) is 0 Å². The molecule has 0 aliphatic carbocycles. The van der Waals surface area contributed by atoms with Crippen molar-refractivity contribution in [1.29, 1.82) is 0 Å². The standard InChI is InChI=1S/C8H22N2Si/c1-7(2)10(8(3)4)11-9(5)6/h7-8H,11H2,1-6H3. The van der Waals surface area contributed by atoms with Crippen molar-refractivity contribution in [2.45, 2.75) is 39.8 Å². The van der Waals surface area contributed by atoms with E-state index in [2.05, 4.69) is 50.9 Å². The van der Waals surface area contributed by atoms with Crippen LogP contribution in [-0.4, -0.2) is 45.2 Å². The van der Waals surface area contributed by atoms with Crippen molar-refractivity contribution in [3.8, 4) is 0 Å². The Labute approximate surface area is 73.5 Å². The van der Waals surface area contributed by atoms with Crippen molar-refractivity contribution in [3.63, 3.8) is 0 Å². The van der Waals surface area contributed by atoms with Gasteiger partial charge in [0.1, 0.15) is 0 Å². The van der Waals surface area contributed by atoms with E-state index >= 15 is 0 Å². The first-order chi connectivity index (χ1) is 4.95. The molecule has 0 radical (unpaired) electrons. The van der Waals surface area contributed by atoms with E-state index in [9.17, 15) is 0 Å². The van der Waals surface area contributed by atoms with Gasteiger partial charge < -0.3 is 9.13 Å². The molecule has 0 unspecified atom stereocenters. The highest BCUT2D eigenvalue weighted by Crippen LogP contribution is 2.02. The number of hydrogen-bond acceptors (Lipinski definition) is 2. The van der Waals surface area contributed by atoms with Gasteiger partial charge in [-0.05, 0) is 26.2 Å². The minimum absolute atomic E-state index is 0.168. The quantitative estimate of drug-likeness (QED) is 0.578. The molecule has 0 N–H and O–H groups in total. The first kappa shape index (κ1) is 11.1. The van der Waals surface area contributed by atoms with Crippen molar-refractivity contribution in [2.24, 2.45) is 0 Å². The minimum atomic E-state index is -0.168. The topological polar surface area (TPSA) is 6.48 Å². The fourth-order valence-electron chi connectivity index (χ4n) is 1.25. The summed E-state index contributed by atoms with van der Waals surface area (Å²) in [6, 6.07) is 1.40.